The molecular formula is C21H19N3O2. The number of nitrogens with zero attached hydrogens (tertiary/aromatic N) is 1. The molecule has 2 aromatic carbocycles. The molecule has 0 aliphatic rings. The maximum atomic E-state index is 12.3. The smallest absolute Gasteiger partial charge is 0.253 e. The first-order chi connectivity index (χ1) is 12.6. The number of benzene rings is 2. The van der Waals surface area contributed by atoms with Crippen molar-refractivity contribution >= 4 is 17.5 Å². The molecule has 1 heterocycles. The highest BCUT2D eigenvalue weighted by atomic mass is 16.2. The lowest BCUT2D eigenvalue weighted by Crippen LogP contribution is -2.32. The lowest BCUT2D eigenvalue weighted by Gasteiger charge is -2.08. The molecule has 0 aliphatic heterocycles. The average Bonchev–Trinajstić information content (AvgIpc) is 2.67. The van der Waals surface area contributed by atoms with Crippen molar-refractivity contribution in [3.63, 3.8) is 0 Å². The summed E-state index contributed by atoms with van der Waals surface area (Å²) in [7, 11) is 0. The minimum absolute atomic E-state index is 0.109. The van der Waals surface area contributed by atoms with Gasteiger partial charge < -0.3 is 10.6 Å². The molecule has 5 nitrogen and oxygen atoms in total. The molecule has 0 atom stereocenters. The van der Waals surface area contributed by atoms with E-state index in [0.29, 0.717) is 11.3 Å². The van der Waals surface area contributed by atoms with Crippen LogP contribution in [0.3, 0.4) is 0 Å². The number of hydrogen-bond donors (Lipinski definition) is 2. The Morgan fingerprint density at radius 3 is 2.50 bits per heavy atom. The quantitative estimate of drug-likeness (QED) is 0.744. The number of carbonyl (C=O) groups excluding carboxylic acids is 2. The Morgan fingerprint density at radius 1 is 0.923 bits per heavy atom. The zero-order chi connectivity index (χ0) is 18.4. The summed E-state index contributed by atoms with van der Waals surface area (Å²) in [6.45, 7) is 1.90. The van der Waals surface area contributed by atoms with Gasteiger partial charge in [0.1, 0.15) is 0 Å². The number of nitrogens with one attached hydrogen (secondary N) is 2. The Kier molecular flexibility index (Phi) is 5.39. The van der Waals surface area contributed by atoms with Crippen molar-refractivity contribution in [2.45, 2.75) is 6.92 Å². The van der Waals surface area contributed by atoms with Crippen LogP contribution in [-0.4, -0.2) is 23.3 Å². The van der Waals surface area contributed by atoms with Crippen molar-refractivity contribution in [3.8, 4) is 11.1 Å². The normalized spacial score (nSPS) is 10.2. The molecular weight excluding hydrogens is 326 g/mol. The molecule has 5 heteroatoms. The van der Waals surface area contributed by atoms with Crippen LogP contribution in [0.4, 0.5) is 5.69 Å². The van der Waals surface area contributed by atoms with Gasteiger partial charge in [-0.2, -0.15) is 0 Å². The first-order valence-electron chi connectivity index (χ1n) is 8.27. The van der Waals surface area contributed by atoms with Crippen LogP contribution < -0.4 is 10.6 Å². The second-order valence-electron chi connectivity index (χ2n) is 5.93. The van der Waals surface area contributed by atoms with E-state index in [9.17, 15) is 9.59 Å². The Bertz CT molecular complexity index is 923. The summed E-state index contributed by atoms with van der Waals surface area (Å²) >= 11 is 0. The Hall–Kier alpha value is -3.47. The van der Waals surface area contributed by atoms with E-state index in [2.05, 4.69) is 15.6 Å². The number of anilines is 1. The minimum atomic E-state index is -0.338. The predicted octanol–water partition coefficient (Wildman–Crippen LogP) is 3.43. The Morgan fingerprint density at radius 2 is 1.73 bits per heavy atom. The molecule has 0 radical (unpaired) electrons. The fourth-order valence-electron chi connectivity index (χ4n) is 2.54. The molecule has 0 spiro atoms. The SMILES string of the molecule is Cc1cccc(-c2cncc(C(=O)NCC(=O)Nc3ccccc3)c2)c1. The number of rotatable bonds is 5. The van der Waals surface area contributed by atoms with Crippen molar-refractivity contribution < 1.29 is 9.59 Å². The van der Waals surface area contributed by atoms with Gasteiger partial charge in [0.25, 0.3) is 5.91 Å². The number of aromatic nitrogens is 1. The highest BCUT2D eigenvalue weighted by molar-refractivity contribution is 5.99. The average molecular weight is 345 g/mol. The summed E-state index contributed by atoms with van der Waals surface area (Å²) in [6.07, 6.45) is 3.21. The van der Waals surface area contributed by atoms with Crippen LogP contribution in [0.5, 0.6) is 0 Å². The summed E-state index contributed by atoms with van der Waals surface area (Å²) < 4.78 is 0. The molecule has 0 saturated carbocycles. The lowest BCUT2D eigenvalue weighted by molar-refractivity contribution is -0.115. The van der Waals surface area contributed by atoms with E-state index >= 15 is 0 Å². The molecule has 26 heavy (non-hydrogen) atoms. The van der Waals surface area contributed by atoms with Crippen molar-refractivity contribution in [1.82, 2.24) is 10.3 Å². The van der Waals surface area contributed by atoms with Gasteiger partial charge in [-0.15, -0.1) is 0 Å². The number of hydrogen-bond acceptors (Lipinski definition) is 3. The zero-order valence-corrected chi connectivity index (χ0v) is 14.4. The van der Waals surface area contributed by atoms with E-state index in [1.807, 2.05) is 49.4 Å². The van der Waals surface area contributed by atoms with E-state index in [1.54, 1.807) is 24.4 Å². The first-order valence-corrected chi connectivity index (χ1v) is 8.27. The van der Waals surface area contributed by atoms with Crippen molar-refractivity contribution in [2.24, 2.45) is 0 Å². The third-order valence-corrected chi connectivity index (χ3v) is 3.82. The number of carbonyl (C=O) groups is 2. The molecule has 3 rings (SSSR count). The van der Waals surface area contributed by atoms with E-state index in [0.717, 1.165) is 16.7 Å². The highest BCUT2D eigenvalue weighted by Crippen LogP contribution is 2.20. The van der Waals surface area contributed by atoms with Crippen LogP contribution in [-0.2, 0) is 4.79 Å². The topological polar surface area (TPSA) is 71.1 Å². The monoisotopic (exact) mass is 345 g/mol. The highest BCUT2D eigenvalue weighted by Gasteiger charge is 2.10. The van der Waals surface area contributed by atoms with Crippen LogP contribution in [0.1, 0.15) is 15.9 Å². The summed E-state index contributed by atoms with van der Waals surface area (Å²) in [5.41, 5.74) is 4.09. The fraction of sp³-hybridized carbons (Fsp3) is 0.0952. The van der Waals surface area contributed by atoms with Gasteiger partial charge in [0.2, 0.25) is 5.91 Å². The molecule has 0 fully saturated rings. The maximum absolute atomic E-state index is 12.3. The van der Waals surface area contributed by atoms with E-state index < -0.39 is 0 Å². The molecule has 1 aromatic heterocycles. The van der Waals surface area contributed by atoms with Gasteiger partial charge in [-0.25, -0.2) is 0 Å². The second-order valence-corrected chi connectivity index (χ2v) is 5.93. The molecule has 130 valence electrons. The number of amides is 2. The molecule has 3 aromatic rings. The van der Waals surface area contributed by atoms with E-state index in [4.69, 9.17) is 0 Å². The molecule has 0 unspecified atom stereocenters. The van der Waals surface area contributed by atoms with Crippen LogP contribution in [0, 0.1) is 6.92 Å². The standard InChI is InChI=1S/C21H19N3O2/c1-15-6-5-7-16(10-15)17-11-18(13-22-12-17)21(26)23-14-20(25)24-19-8-3-2-4-9-19/h2-13H,14H2,1H3,(H,23,26)(H,24,25). The van der Waals surface area contributed by atoms with Gasteiger partial charge in [-0.05, 0) is 30.7 Å². The van der Waals surface area contributed by atoms with Crippen LogP contribution >= 0.6 is 0 Å². The molecule has 0 bridgehead atoms. The van der Waals surface area contributed by atoms with Gasteiger partial charge in [-0.3, -0.25) is 14.6 Å². The molecule has 0 aliphatic carbocycles. The third kappa shape index (κ3) is 4.54. The van der Waals surface area contributed by atoms with Gasteiger partial charge in [0.05, 0.1) is 12.1 Å². The van der Waals surface area contributed by atoms with Crippen LogP contribution in [0.15, 0.2) is 73.1 Å². The van der Waals surface area contributed by atoms with E-state index in [1.165, 1.54) is 6.20 Å². The molecule has 2 amide bonds. The lowest BCUT2D eigenvalue weighted by atomic mass is 10.0. The van der Waals surface area contributed by atoms with Crippen LogP contribution in [0.2, 0.25) is 0 Å². The largest absolute Gasteiger partial charge is 0.343 e. The first kappa shape index (κ1) is 17.4. The number of para-hydroxylation sites is 1. The summed E-state index contributed by atoms with van der Waals surface area (Å²) in [6, 6.07) is 18.9. The van der Waals surface area contributed by atoms with Crippen molar-refractivity contribution in [2.75, 3.05) is 11.9 Å². The predicted molar refractivity (Wildman–Crippen MR) is 102 cm³/mol. The summed E-state index contributed by atoms with van der Waals surface area (Å²) in [5, 5.41) is 5.34. The molecule has 0 saturated heterocycles. The number of pyridine rings is 1. The fourth-order valence-corrected chi connectivity index (χ4v) is 2.54. The van der Waals surface area contributed by atoms with Gasteiger partial charge >= 0.3 is 0 Å². The summed E-state index contributed by atoms with van der Waals surface area (Å²) in [4.78, 5) is 28.4. The minimum Gasteiger partial charge on any atom is -0.343 e. The van der Waals surface area contributed by atoms with Crippen molar-refractivity contribution in [1.29, 1.82) is 0 Å². The zero-order valence-electron chi connectivity index (χ0n) is 14.4. The van der Waals surface area contributed by atoms with Gasteiger partial charge in [0.15, 0.2) is 0 Å². The Balaban J connectivity index is 1.63. The number of aryl methyl sites for hydroxylation is 1. The van der Waals surface area contributed by atoms with Gasteiger partial charge in [0, 0.05) is 23.6 Å². The second kappa shape index (κ2) is 8.07. The maximum Gasteiger partial charge on any atom is 0.253 e. The van der Waals surface area contributed by atoms with Crippen molar-refractivity contribution in [3.05, 3.63) is 84.2 Å². The van der Waals surface area contributed by atoms with Crippen LogP contribution in [0.25, 0.3) is 11.1 Å². The third-order valence-electron chi connectivity index (χ3n) is 3.82. The van der Waals surface area contributed by atoms with E-state index in [-0.39, 0.29) is 18.4 Å². The molecule has 2 N–H and O–H groups in total. The van der Waals surface area contributed by atoms with Gasteiger partial charge in [-0.1, -0.05) is 48.0 Å². The summed E-state index contributed by atoms with van der Waals surface area (Å²) in [5.74, 6) is -0.623. The Labute approximate surface area is 152 Å².